The highest BCUT2D eigenvalue weighted by Gasteiger charge is 2.21. The molecule has 0 radical (unpaired) electrons. The highest BCUT2D eigenvalue weighted by molar-refractivity contribution is 5.74. The van der Waals surface area contributed by atoms with Gasteiger partial charge in [0.15, 0.2) is 0 Å². The van der Waals surface area contributed by atoms with Gasteiger partial charge < -0.3 is 11.1 Å². The molecule has 1 aliphatic carbocycles. The van der Waals surface area contributed by atoms with Crippen molar-refractivity contribution in [2.75, 3.05) is 6.54 Å². The molecular formula is C8H16N2O. The lowest BCUT2D eigenvalue weighted by atomic mass is 10.2. The van der Waals surface area contributed by atoms with Crippen molar-refractivity contribution in [1.29, 1.82) is 0 Å². The molecule has 1 rings (SSSR count). The van der Waals surface area contributed by atoms with E-state index in [-0.39, 0.29) is 11.9 Å². The summed E-state index contributed by atoms with van der Waals surface area (Å²) < 4.78 is 0. The first-order chi connectivity index (χ1) is 5.18. The number of nitrogens with one attached hydrogen (secondary N) is 1. The predicted octanol–water partition coefficient (Wildman–Crippen LogP) is 0.250. The second kappa shape index (κ2) is 3.72. The van der Waals surface area contributed by atoms with Gasteiger partial charge in [0.05, 0.1) is 0 Å². The Labute approximate surface area is 67.3 Å². The van der Waals surface area contributed by atoms with Gasteiger partial charge in [-0.2, -0.15) is 0 Å². The van der Waals surface area contributed by atoms with Crippen LogP contribution in [0, 0.1) is 5.92 Å². The number of amides is 1. The molecule has 0 bridgehead atoms. The third-order valence-corrected chi connectivity index (χ3v) is 1.96. The van der Waals surface area contributed by atoms with Crippen LogP contribution >= 0.6 is 0 Å². The summed E-state index contributed by atoms with van der Waals surface area (Å²) in [6.07, 6.45) is 3.14. The number of hydrogen-bond acceptors (Lipinski definition) is 2. The van der Waals surface area contributed by atoms with E-state index in [1.165, 1.54) is 12.8 Å². The van der Waals surface area contributed by atoms with E-state index in [1.54, 1.807) is 0 Å². The molecule has 3 N–H and O–H groups in total. The summed E-state index contributed by atoms with van der Waals surface area (Å²) >= 11 is 0. The van der Waals surface area contributed by atoms with Crippen molar-refractivity contribution < 1.29 is 4.79 Å². The predicted molar refractivity (Wildman–Crippen MR) is 44.0 cm³/mol. The van der Waals surface area contributed by atoms with Crippen LogP contribution < -0.4 is 11.1 Å². The largest absolute Gasteiger partial charge is 0.370 e. The fourth-order valence-electron chi connectivity index (χ4n) is 1.06. The quantitative estimate of drug-likeness (QED) is 0.599. The Balaban J connectivity index is 1.99. The SMILES string of the molecule is CC(CC(N)=O)NCC1CC1. The second-order valence-electron chi connectivity index (χ2n) is 3.42. The van der Waals surface area contributed by atoms with Crippen LogP contribution in [0.25, 0.3) is 0 Å². The zero-order chi connectivity index (χ0) is 8.27. The van der Waals surface area contributed by atoms with Crippen LogP contribution in [0.2, 0.25) is 0 Å². The summed E-state index contributed by atoms with van der Waals surface area (Å²) in [6, 6.07) is 0.244. The third kappa shape index (κ3) is 3.98. The Kier molecular flexibility index (Phi) is 2.88. The van der Waals surface area contributed by atoms with Gasteiger partial charge in [0.2, 0.25) is 5.91 Å². The minimum atomic E-state index is -0.221. The molecule has 0 saturated heterocycles. The number of carbonyl (C=O) groups is 1. The Morgan fingerprint density at radius 1 is 1.73 bits per heavy atom. The van der Waals surface area contributed by atoms with E-state index in [2.05, 4.69) is 5.32 Å². The fourth-order valence-corrected chi connectivity index (χ4v) is 1.06. The van der Waals surface area contributed by atoms with Crippen LogP contribution in [-0.2, 0) is 4.79 Å². The number of hydrogen-bond donors (Lipinski definition) is 2. The fraction of sp³-hybridized carbons (Fsp3) is 0.875. The summed E-state index contributed by atoms with van der Waals surface area (Å²) in [5.74, 6) is 0.645. The maximum absolute atomic E-state index is 10.5. The number of primary amides is 1. The van der Waals surface area contributed by atoms with E-state index in [9.17, 15) is 4.79 Å². The van der Waals surface area contributed by atoms with Crippen LogP contribution in [-0.4, -0.2) is 18.5 Å². The Hall–Kier alpha value is -0.570. The van der Waals surface area contributed by atoms with Crippen LogP contribution in [0.4, 0.5) is 0 Å². The van der Waals surface area contributed by atoms with Gasteiger partial charge in [-0.15, -0.1) is 0 Å². The van der Waals surface area contributed by atoms with Crippen molar-refractivity contribution >= 4 is 5.91 Å². The summed E-state index contributed by atoms with van der Waals surface area (Å²) in [6.45, 7) is 3.04. The maximum Gasteiger partial charge on any atom is 0.218 e. The summed E-state index contributed by atoms with van der Waals surface area (Å²) in [5.41, 5.74) is 5.04. The third-order valence-electron chi connectivity index (χ3n) is 1.96. The summed E-state index contributed by atoms with van der Waals surface area (Å²) in [4.78, 5) is 10.5. The summed E-state index contributed by atoms with van der Waals surface area (Å²) in [5, 5.41) is 3.28. The molecule has 1 amide bonds. The van der Waals surface area contributed by atoms with Gasteiger partial charge in [0.1, 0.15) is 0 Å². The second-order valence-corrected chi connectivity index (χ2v) is 3.42. The lowest BCUT2D eigenvalue weighted by Crippen LogP contribution is -2.32. The molecule has 64 valence electrons. The number of nitrogens with two attached hydrogens (primary N) is 1. The first-order valence-corrected chi connectivity index (χ1v) is 4.20. The minimum absolute atomic E-state index is 0.221. The van der Waals surface area contributed by atoms with E-state index in [1.807, 2.05) is 6.92 Å². The Morgan fingerprint density at radius 3 is 2.82 bits per heavy atom. The van der Waals surface area contributed by atoms with Gasteiger partial charge in [-0.25, -0.2) is 0 Å². The lowest BCUT2D eigenvalue weighted by molar-refractivity contribution is -0.118. The van der Waals surface area contributed by atoms with Crippen LogP contribution in [0.1, 0.15) is 26.2 Å². The van der Waals surface area contributed by atoms with Gasteiger partial charge in [-0.3, -0.25) is 4.79 Å². The molecule has 0 aromatic carbocycles. The summed E-state index contributed by atoms with van der Waals surface area (Å²) in [7, 11) is 0. The average molecular weight is 156 g/mol. The number of carbonyl (C=O) groups excluding carboxylic acids is 1. The van der Waals surface area contributed by atoms with Crippen molar-refractivity contribution in [2.45, 2.75) is 32.2 Å². The van der Waals surface area contributed by atoms with Gasteiger partial charge in [0.25, 0.3) is 0 Å². The van der Waals surface area contributed by atoms with E-state index < -0.39 is 0 Å². The van der Waals surface area contributed by atoms with Crippen LogP contribution in [0.3, 0.4) is 0 Å². The van der Waals surface area contributed by atoms with E-state index in [0.717, 1.165) is 12.5 Å². The van der Waals surface area contributed by atoms with E-state index >= 15 is 0 Å². The first kappa shape index (κ1) is 8.53. The Morgan fingerprint density at radius 2 is 2.36 bits per heavy atom. The molecule has 3 nitrogen and oxygen atoms in total. The van der Waals surface area contributed by atoms with Gasteiger partial charge in [-0.05, 0) is 32.2 Å². The smallest absolute Gasteiger partial charge is 0.218 e. The molecule has 11 heavy (non-hydrogen) atoms. The normalized spacial score (nSPS) is 19.7. The van der Waals surface area contributed by atoms with Crippen molar-refractivity contribution in [3.05, 3.63) is 0 Å². The first-order valence-electron chi connectivity index (χ1n) is 4.20. The molecule has 0 aromatic rings. The van der Waals surface area contributed by atoms with Gasteiger partial charge >= 0.3 is 0 Å². The molecule has 0 aliphatic heterocycles. The van der Waals surface area contributed by atoms with Crippen molar-refractivity contribution in [2.24, 2.45) is 11.7 Å². The molecule has 3 heteroatoms. The zero-order valence-corrected chi connectivity index (χ0v) is 6.97. The molecule has 0 heterocycles. The van der Waals surface area contributed by atoms with Crippen LogP contribution in [0.5, 0.6) is 0 Å². The average Bonchev–Trinajstić information content (AvgIpc) is 2.63. The van der Waals surface area contributed by atoms with E-state index in [4.69, 9.17) is 5.73 Å². The Bertz CT molecular complexity index is 143. The molecule has 0 spiro atoms. The molecule has 1 unspecified atom stereocenters. The van der Waals surface area contributed by atoms with Crippen molar-refractivity contribution in [3.63, 3.8) is 0 Å². The maximum atomic E-state index is 10.5. The monoisotopic (exact) mass is 156 g/mol. The van der Waals surface area contributed by atoms with Gasteiger partial charge in [0, 0.05) is 12.5 Å². The number of rotatable bonds is 5. The van der Waals surface area contributed by atoms with E-state index in [0.29, 0.717) is 6.42 Å². The highest BCUT2D eigenvalue weighted by Crippen LogP contribution is 2.27. The minimum Gasteiger partial charge on any atom is -0.370 e. The molecule has 1 fully saturated rings. The molecule has 0 aromatic heterocycles. The zero-order valence-electron chi connectivity index (χ0n) is 6.97. The van der Waals surface area contributed by atoms with Crippen LogP contribution in [0.15, 0.2) is 0 Å². The molecular weight excluding hydrogens is 140 g/mol. The molecule has 1 atom stereocenters. The van der Waals surface area contributed by atoms with Crippen molar-refractivity contribution in [3.8, 4) is 0 Å². The highest BCUT2D eigenvalue weighted by atomic mass is 16.1. The van der Waals surface area contributed by atoms with Crippen molar-refractivity contribution in [1.82, 2.24) is 5.32 Å². The standard InChI is InChI=1S/C8H16N2O/c1-6(4-8(9)11)10-5-7-2-3-7/h6-7,10H,2-5H2,1H3,(H2,9,11). The molecule has 1 saturated carbocycles. The lowest BCUT2D eigenvalue weighted by Gasteiger charge is -2.10. The molecule has 1 aliphatic rings. The topological polar surface area (TPSA) is 55.1 Å². The van der Waals surface area contributed by atoms with Gasteiger partial charge in [-0.1, -0.05) is 0 Å².